The third kappa shape index (κ3) is 4.42. The van der Waals surface area contributed by atoms with Crippen LogP contribution in [-0.4, -0.2) is 18.1 Å². The molecule has 2 N–H and O–H groups in total. The van der Waals surface area contributed by atoms with Gasteiger partial charge in [-0.15, -0.1) is 0 Å². The maximum absolute atomic E-state index is 11.7. The Balaban J connectivity index is 2.29. The van der Waals surface area contributed by atoms with E-state index < -0.39 is 0 Å². The van der Waals surface area contributed by atoms with Gasteiger partial charge in [-0.25, -0.2) is 4.79 Å². The van der Waals surface area contributed by atoms with Gasteiger partial charge in [-0.2, -0.15) is 0 Å². The monoisotopic (exact) mass is 226 g/mol. The second-order valence-electron chi connectivity index (χ2n) is 6.04. The quantitative estimate of drug-likeness (QED) is 0.746. The van der Waals surface area contributed by atoms with Gasteiger partial charge in [0.25, 0.3) is 0 Å². The van der Waals surface area contributed by atoms with Gasteiger partial charge >= 0.3 is 6.03 Å². The maximum atomic E-state index is 11.7. The van der Waals surface area contributed by atoms with Gasteiger partial charge in [-0.1, -0.05) is 40.0 Å². The van der Waals surface area contributed by atoms with Gasteiger partial charge < -0.3 is 10.6 Å². The predicted octanol–water partition coefficient (Wildman–Crippen LogP) is 3.05. The van der Waals surface area contributed by atoms with Crippen molar-refractivity contribution >= 4 is 6.03 Å². The molecule has 0 aliphatic heterocycles. The maximum Gasteiger partial charge on any atom is 0.315 e. The molecule has 0 spiro atoms. The molecule has 1 saturated carbocycles. The largest absolute Gasteiger partial charge is 0.335 e. The minimum absolute atomic E-state index is 0.00525. The Bertz CT molecular complexity index is 227. The molecular formula is C13H26N2O. The fraction of sp³-hybridized carbons (Fsp3) is 0.923. The number of hydrogen-bond donors (Lipinski definition) is 2. The van der Waals surface area contributed by atoms with Crippen molar-refractivity contribution in [3.63, 3.8) is 0 Å². The average molecular weight is 226 g/mol. The van der Waals surface area contributed by atoms with Crippen molar-refractivity contribution in [1.29, 1.82) is 0 Å². The summed E-state index contributed by atoms with van der Waals surface area (Å²) in [6.07, 6.45) is 6.09. The molecule has 0 aromatic heterocycles. The predicted molar refractivity (Wildman–Crippen MR) is 67.5 cm³/mol. The molecule has 0 bridgehead atoms. The lowest BCUT2D eigenvalue weighted by Crippen LogP contribution is -2.49. The third-order valence-corrected chi connectivity index (χ3v) is 3.59. The summed E-state index contributed by atoms with van der Waals surface area (Å²) in [5.74, 6) is 0. The molecule has 0 saturated heterocycles. The van der Waals surface area contributed by atoms with Gasteiger partial charge in [0, 0.05) is 12.1 Å². The molecule has 3 heteroatoms. The Labute approximate surface area is 99.4 Å². The molecular weight excluding hydrogens is 200 g/mol. The second-order valence-corrected chi connectivity index (χ2v) is 6.04. The highest BCUT2D eigenvalue weighted by Crippen LogP contribution is 2.19. The lowest BCUT2D eigenvalue weighted by molar-refractivity contribution is 0.215. The lowest BCUT2D eigenvalue weighted by Gasteiger charge is -2.30. The lowest BCUT2D eigenvalue weighted by atomic mass is 9.88. The Morgan fingerprint density at radius 1 is 1.19 bits per heavy atom. The Kier molecular flexibility index (Phi) is 4.63. The van der Waals surface area contributed by atoms with Crippen LogP contribution in [0.25, 0.3) is 0 Å². The Morgan fingerprint density at radius 2 is 1.75 bits per heavy atom. The Morgan fingerprint density at radius 3 is 2.25 bits per heavy atom. The van der Waals surface area contributed by atoms with Crippen LogP contribution in [0.4, 0.5) is 4.79 Å². The molecule has 1 aliphatic carbocycles. The first kappa shape index (κ1) is 13.3. The summed E-state index contributed by atoms with van der Waals surface area (Å²) >= 11 is 0. The van der Waals surface area contributed by atoms with Crippen LogP contribution in [-0.2, 0) is 0 Å². The summed E-state index contributed by atoms with van der Waals surface area (Å²) in [4.78, 5) is 11.7. The topological polar surface area (TPSA) is 41.1 Å². The highest BCUT2D eigenvalue weighted by atomic mass is 16.2. The van der Waals surface area contributed by atoms with Crippen LogP contribution in [0.2, 0.25) is 0 Å². The van der Waals surface area contributed by atoms with Gasteiger partial charge in [0.2, 0.25) is 0 Å². The average Bonchev–Trinajstić information content (AvgIpc) is 2.17. The smallest absolute Gasteiger partial charge is 0.315 e. The summed E-state index contributed by atoms with van der Waals surface area (Å²) < 4.78 is 0. The van der Waals surface area contributed by atoms with Crippen molar-refractivity contribution in [1.82, 2.24) is 10.6 Å². The Hall–Kier alpha value is -0.730. The first-order chi connectivity index (χ1) is 7.39. The minimum atomic E-state index is -0.00525. The number of amides is 2. The summed E-state index contributed by atoms with van der Waals surface area (Å²) in [7, 11) is 0. The summed E-state index contributed by atoms with van der Waals surface area (Å²) in [6, 6.07) is 0.575. The van der Waals surface area contributed by atoms with Gasteiger partial charge in [0.1, 0.15) is 0 Å². The van der Waals surface area contributed by atoms with Gasteiger partial charge in [0.05, 0.1) is 0 Å². The number of urea groups is 1. The molecule has 0 aromatic carbocycles. The first-order valence-corrected chi connectivity index (χ1v) is 6.46. The molecule has 1 aliphatic rings. The van der Waals surface area contributed by atoms with E-state index in [1.54, 1.807) is 0 Å². The number of carbonyl (C=O) groups excluding carboxylic acids is 1. The van der Waals surface area contributed by atoms with E-state index in [2.05, 4.69) is 38.3 Å². The van der Waals surface area contributed by atoms with E-state index in [4.69, 9.17) is 0 Å². The summed E-state index contributed by atoms with van der Waals surface area (Å²) in [6.45, 7) is 8.47. The van der Waals surface area contributed by atoms with Crippen LogP contribution in [0.5, 0.6) is 0 Å². The van der Waals surface area contributed by atoms with E-state index in [0.29, 0.717) is 6.04 Å². The molecule has 1 rings (SSSR count). The van der Waals surface area contributed by atoms with Crippen LogP contribution in [0.1, 0.15) is 59.8 Å². The standard InChI is InChI=1S/C13H26N2O/c1-10(13(2,3)4)14-12(16)15-11-8-6-5-7-9-11/h10-11H,5-9H2,1-4H3,(H2,14,15,16)/t10-/m1/s1. The van der Waals surface area contributed by atoms with Crippen LogP contribution in [0.3, 0.4) is 0 Å². The van der Waals surface area contributed by atoms with E-state index in [0.717, 1.165) is 12.8 Å². The van der Waals surface area contributed by atoms with E-state index >= 15 is 0 Å². The molecule has 94 valence electrons. The van der Waals surface area contributed by atoms with E-state index in [1.165, 1.54) is 19.3 Å². The number of carbonyl (C=O) groups is 1. The first-order valence-electron chi connectivity index (χ1n) is 6.46. The molecule has 0 unspecified atom stereocenters. The molecule has 0 radical (unpaired) electrons. The number of hydrogen-bond acceptors (Lipinski definition) is 1. The highest BCUT2D eigenvalue weighted by molar-refractivity contribution is 5.74. The number of nitrogens with one attached hydrogen (secondary N) is 2. The summed E-state index contributed by atoms with van der Waals surface area (Å²) in [5.41, 5.74) is 0.115. The van der Waals surface area contributed by atoms with Crippen LogP contribution < -0.4 is 10.6 Å². The van der Waals surface area contributed by atoms with Crippen molar-refractivity contribution in [3.8, 4) is 0 Å². The van der Waals surface area contributed by atoms with E-state index in [9.17, 15) is 4.79 Å². The van der Waals surface area contributed by atoms with Crippen molar-refractivity contribution in [2.75, 3.05) is 0 Å². The molecule has 0 heterocycles. The zero-order valence-electron chi connectivity index (χ0n) is 11.1. The fourth-order valence-corrected chi connectivity index (χ4v) is 1.89. The summed E-state index contributed by atoms with van der Waals surface area (Å²) in [5, 5.41) is 6.09. The van der Waals surface area contributed by atoms with Crippen LogP contribution in [0.15, 0.2) is 0 Å². The van der Waals surface area contributed by atoms with E-state index in [1.807, 2.05) is 0 Å². The van der Waals surface area contributed by atoms with E-state index in [-0.39, 0.29) is 17.5 Å². The third-order valence-electron chi connectivity index (χ3n) is 3.59. The highest BCUT2D eigenvalue weighted by Gasteiger charge is 2.23. The van der Waals surface area contributed by atoms with Crippen molar-refractivity contribution in [3.05, 3.63) is 0 Å². The minimum Gasteiger partial charge on any atom is -0.335 e. The molecule has 1 atom stereocenters. The molecule has 3 nitrogen and oxygen atoms in total. The molecule has 0 aromatic rings. The van der Waals surface area contributed by atoms with Crippen LogP contribution in [0, 0.1) is 5.41 Å². The molecule has 1 fully saturated rings. The van der Waals surface area contributed by atoms with Crippen molar-refractivity contribution < 1.29 is 4.79 Å². The van der Waals surface area contributed by atoms with Gasteiger partial charge in [-0.3, -0.25) is 0 Å². The molecule has 16 heavy (non-hydrogen) atoms. The van der Waals surface area contributed by atoms with Gasteiger partial charge in [-0.05, 0) is 25.2 Å². The zero-order chi connectivity index (χ0) is 12.2. The SMILES string of the molecule is C[C@@H](NC(=O)NC1CCCCC1)C(C)(C)C. The second kappa shape index (κ2) is 5.55. The zero-order valence-corrected chi connectivity index (χ0v) is 11.1. The van der Waals surface area contributed by atoms with Crippen molar-refractivity contribution in [2.24, 2.45) is 5.41 Å². The number of rotatable bonds is 2. The van der Waals surface area contributed by atoms with Crippen molar-refractivity contribution in [2.45, 2.75) is 71.9 Å². The van der Waals surface area contributed by atoms with Crippen LogP contribution >= 0.6 is 0 Å². The fourth-order valence-electron chi connectivity index (χ4n) is 1.89. The van der Waals surface area contributed by atoms with Gasteiger partial charge in [0.15, 0.2) is 0 Å². The normalized spacial score (nSPS) is 20.2. The molecule has 2 amide bonds.